The Bertz CT molecular complexity index is 2000. The lowest BCUT2D eigenvalue weighted by Gasteiger charge is -2.15. The number of nitrogens with zero attached hydrogens (tertiary/aromatic N) is 3. The summed E-state index contributed by atoms with van der Waals surface area (Å²) in [7, 11) is 3.00. The number of aliphatic imine (C=N–C) groups is 1. The summed E-state index contributed by atoms with van der Waals surface area (Å²) in [4.78, 5) is 27.3. The van der Waals surface area contributed by atoms with Crippen LogP contribution in [0.5, 0.6) is 11.5 Å². The van der Waals surface area contributed by atoms with Gasteiger partial charge in [0.25, 0.3) is 5.91 Å². The number of anilines is 3. The van der Waals surface area contributed by atoms with E-state index in [0.717, 1.165) is 24.0 Å². The summed E-state index contributed by atoms with van der Waals surface area (Å²) < 4.78 is 26.3. The zero-order valence-corrected chi connectivity index (χ0v) is 26.6. The molecule has 0 atom stereocenters. The summed E-state index contributed by atoms with van der Waals surface area (Å²) >= 11 is 6.43. The molecule has 4 N–H and O–H groups in total. The summed E-state index contributed by atoms with van der Waals surface area (Å²) in [6.45, 7) is 0.815. The Labute approximate surface area is 276 Å². The van der Waals surface area contributed by atoms with Crippen LogP contribution < -0.4 is 25.8 Å². The van der Waals surface area contributed by atoms with Gasteiger partial charge in [-0.1, -0.05) is 35.9 Å². The van der Waals surface area contributed by atoms with E-state index in [4.69, 9.17) is 36.8 Å². The molecule has 0 aliphatic carbocycles. The molecule has 2 heterocycles. The largest absolute Gasteiger partial charge is 0.496 e. The van der Waals surface area contributed by atoms with Crippen molar-refractivity contribution in [1.82, 2.24) is 9.97 Å². The topological polar surface area (TPSA) is 124 Å². The van der Waals surface area contributed by atoms with Gasteiger partial charge in [0, 0.05) is 45.4 Å². The molecule has 1 aromatic heterocycles. The van der Waals surface area contributed by atoms with Gasteiger partial charge < -0.3 is 25.8 Å². The molecule has 6 rings (SSSR count). The highest BCUT2D eigenvalue weighted by molar-refractivity contribution is 6.31. The number of hydrogen-bond acceptors (Lipinski definition) is 8. The standard InChI is InChI=1S/C36H32ClFN6O3/c1-46-30-10-4-9-29(38)32(30)34-28-17-23(37)11-13-26(28)33-22(19-40-34)20-41-36(44-33)43-25-12-14-27(31(18-25)47-2)35(45)42-24-8-3-6-21(16-24)7-5-15-39/h3-4,6,8-14,16-18,20H,5,7,15,19,39H2,1-2H3,(H,42,45)(H,41,43,44). The molecule has 1 amide bonds. The number of nitrogens with two attached hydrogens (primary N) is 1. The van der Waals surface area contributed by atoms with Crippen molar-refractivity contribution in [2.75, 3.05) is 31.4 Å². The van der Waals surface area contributed by atoms with E-state index >= 15 is 4.39 Å². The van der Waals surface area contributed by atoms with Gasteiger partial charge in [-0.3, -0.25) is 9.79 Å². The first-order valence-corrected chi connectivity index (χ1v) is 15.3. The first kappa shape index (κ1) is 31.7. The molecule has 0 radical (unpaired) electrons. The molecule has 0 saturated carbocycles. The smallest absolute Gasteiger partial charge is 0.259 e. The number of ether oxygens (including phenoxy) is 2. The van der Waals surface area contributed by atoms with Gasteiger partial charge in [-0.05, 0) is 73.5 Å². The highest BCUT2D eigenvalue weighted by Gasteiger charge is 2.25. The minimum Gasteiger partial charge on any atom is -0.496 e. The molecule has 0 bridgehead atoms. The molecule has 0 fully saturated rings. The molecule has 1 aliphatic heterocycles. The molecule has 238 valence electrons. The Kier molecular flexibility index (Phi) is 9.42. The molecule has 0 saturated heterocycles. The van der Waals surface area contributed by atoms with Crippen LogP contribution in [0.1, 0.15) is 39.0 Å². The minimum absolute atomic E-state index is 0.211. The van der Waals surface area contributed by atoms with Gasteiger partial charge in [0.05, 0.1) is 43.3 Å². The van der Waals surface area contributed by atoms with Crippen molar-refractivity contribution in [2.45, 2.75) is 19.4 Å². The second kappa shape index (κ2) is 14.0. The molecule has 4 aromatic carbocycles. The van der Waals surface area contributed by atoms with E-state index in [9.17, 15) is 4.79 Å². The number of halogens is 2. The van der Waals surface area contributed by atoms with Gasteiger partial charge in [0.1, 0.15) is 17.3 Å². The number of methoxy groups -OCH3 is 2. The van der Waals surface area contributed by atoms with Gasteiger partial charge in [-0.15, -0.1) is 0 Å². The third-order valence-corrected chi connectivity index (χ3v) is 7.99. The number of carbonyl (C=O) groups is 1. The van der Waals surface area contributed by atoms with E-state index < -0.39 is 5.82 Å². The van der Waals surface area contributed by atoms with E-state index in [1.165, 1.54) is 20.3 Å². The zero-order valence-electron chi connectivity index (χ0n) is 25.8. The summed E-state index contributed by atoms with van der Waals surface area (Å²) in [5.74, 6) is 0.276. The van der Waals surface area contributed by atoms with Crippen LogP contribution in [-0.4, -0.2) is 42.4 Å². The number of nitrogens with one attached hydrogen (secondary N) is 2. The number of aromatic nitrogens is 2. The van der Waals surface area contributed by atoms with Crippen molar-refractivity contribution in [3.63, 3.8) is 0 Å². The lowest BCUT2D eigenvalue weighted by atomic mass is 9.94. The maximum Gasteiger partial charge on any atom is 0.259 e. The first-order chi connectivity index (χ1) is 22.9. The van der Waals surface area contributed by atoms with Crippen LogP contribution in [0.4, 0.5) is 21.7 Å². The van der Waals surface area contributed by atoms with Crippen LogP contribution in [0.25, 0.3) is 11.3 Å². The normalized spacial score (nSPS) is 11.9. The first-order valence-electron chi connectivity index (χ1n) is 15.0. The third kappa shape index (κ3) is 6.79. The number of carbonyl (C=O) groups excluding carboxylic acids is 1. The molecular weight excluding hydrogens is 619 g/mol. The fourth-order valence-corrected chi connectivity index (χ4v) is 5.67. The second-order valence-corrected chi connectivity index (χ2v) is 11.3. The highest BCUT2D eigenvalue weighted by atomic mass is 35.5. The molecule has 0 spiro atoms. The van der Waals surface area contributed by atoms with Crippen molar-refractivity contribution >= 4 is 40.5 Å². The average Bonchev–Trinajstić information content (AvgIpc) is 3.23. The Morgan fingerprint density at radius 3 is 2.60 bits per heavy atom. The molecular formula is C36H32ClFN6O3. The van der Waals surface area contributed by atoms with E-state index in [-0.39, 0.29) is 18.0 Å². The maximum absolute atomic E-state index is 15.2. The van der Waals surface area contributed by atoms with Gasteiger partial charge in [-0.25, -0.2) is 14.4 Å². The quantitative estimate of drug-likeness (QED) is 0.146. The predicted octanol–water partition coefficient (Wildman–Crippen LogP) is 7.19. The molecule has 1 aliphatic rings. The number of fused-ring (bicyclic) bond motifs is 3. The molecule has 47 heavy (non-hydrogen) atoms. The van der Waals surface area contributed by atoms with E-state index in [1.807, 2.05) is 30.3 Å². The van der Waals surface area contributed by atoms with Gasteiger partial charge in [0.15, 0.2) is 0 Å². The van der Waals surface area contributed by atoms with Gasteiger partial charge >= 0.3 is 0 Å². The maximum atomic E-state index is 15.2. The fourth-order valence-electron chi connectivity index (χ4n) is 5.50. The highest BCUT2D eigenvalue weighted by Crippen LogP contribution is 2.36. The number of rotatable bonds is 10. The van der Waals surface area contributed by atoms with Crippen LogP contribution in [0.3, 0.4) is 0 Å². The monoisotopic (exact) mass is 650 g/mol. The number of hydrogen-bond donors (Lipinski definition) is 3. The Morgan fingerprint density at radius 1 is 0.957 bits per heavy atom. The average molecular weight is 651 g/mol. The van der Waals surface area contributed by atoms with Crippen molar-refractivity contribution in [3.8, 4) is 22.8 Å². The fraction of sp³-hybridized carbons (Fsp3) is 0.167. The molecule has 11 heteroatoms. The second-order valence-electron chi connectivity index (χ2n) is 10.8. The lowest BCUT2D eigenvalue weighted by molar-refractivity contribution is 0.102. The number of amides is 1. The molecule has 9 nitrogen and oxygen atoms in total. The Hall–Kier alpha value is -5.32. The number of benzene rings is 4. The summed E-state index contributed by atoms with van der Waals surface area (Å²) in [6, 6.07) is 22.8. The SMILES string of the molecule is COc1cc(Nc2ncc3c(n2)-c2ccc(Cl)cc2C(c2c(F)cccc2OC)=NC3)ccc1C(=O)Nc1cccc(CCCN)c1. The van der Waals surface area contributed by atoms with Gasteiger partial charge in [-0.2, -0.15) is 0 Å². The zero-order chi connectivity index (χ0) is 32.9. The Morgan fingerprint density at radius 2 is 1.79 bits per heavy atom. The summed E-state index contributed by atoms with van der Waals surface area (Å²) in [5.41, 5.74) is 11.8. The molecule has 5 aromatic rings. The van der Waals surface area contributed by atoms with Crippen molar-refractivity contribution in [1.29, 1.82) is 0 Å². The van der Waals surface area contributed by atoms with E-state index in [2.05, 4.69) is 15.6 Å². The van der Waals surface area contributed by atoms with Gasteiger partial charge in [0.2, 0.25) is 5.95 Å². The third-order valence-electron chi connectivity index (χ3n) is 7.75. The van der Waals surface area contributed by atoms with Crippen LogP contribution in [0, 0.1) is 5.82 Å². The van der Waals surface area contributed by atoms with Crippen LogP contribution >= 0.6 is 11.6 Å². The van der Waals surface area contributed by atoms with E-state index in [1.54, 1.807) is 48.7 Å². The van der Waals surface area contributed by atoms with E-state index in [0.29, 0.717) is 68.5 Å². The van der Waals surface area contributed by atoms with Crippen LogP contribution in [0.2, 0.25) is 5.02 Å². The number of aryl methyl sites for hydroxylation is 1. The summed E-state index contributed by atoms with van der Waals surface area (Å²) in [5, 5.41) is 6.64. The minimum atomic E-state index is -0.462. The van der Waals surface area contributed by atoms with Crippen molar-refractivity contribution in [3.05, 3.63) is 124 Å². The van der Waals surface area contributed by atoms with Crippen molar-refractivity contribution in [2.24, 2.45) is 10.7 Å². The molecule has 0 unspecified atom stereocenters. The summed E-state index contributed by atoms with van der Waals surface area (Å²) in [6.07, 6.45) is 3.39. The lowest BCUT2D eigenvalue weighted by Crippen LogP contribution is -2.13. The van der Waals surface area contributed by atoms with Crippen LogP contribution in [0.15, 0.2) is 90.1 Å². The van der Waals surface area contributed by atoms with Crippen LogP contribution in [-0.2, 0) is 13.0 Å². The predicted molar refractivity (Wildman–Crippen MR) is 183 cm³/mol. The Balaban J connectivity index is 1.28. The van der Waals surface area contributed by atoms with Crippen molar-refractivity contribution < 1.29 is 18.7 Å².